The Morgan fingerprint density at radius 2 is 1.96 bits per heavy atom. The molecule has 3 heterocycles. The van der Waals surface area contributed by atoms with Crippen molar-refractivity contribution in [2.75, 3.05) is 20.1 Å². The van der Waals surface area contributed by atoms with E-state index in [4.69, 9.17) is 4.52 Å². The molecule has 2 aromatic rings. The molecule has 23 heavy (non-hydrogen) atoms. The highest BCUT2D eigenvalue weighted by atomic mass is 32.1. The molecule has 0 unspecified atom stereocenters. The van der Waals surface area contributed by atoms with Gasteiger partial charge in [0.05, 0.1) is 6.54 Å². The summed E-state index contributed by atoms with van der Waals surface area (Å²) < 4.78 is 5.26. The second-order valence-corrected chi connectivity index (χ2v) is 7.59. The zero-order chi connectivity index (χ0) is 16.1. The van der Waals surface area contributed by atoms with E-state index in [2.05, 4.69) is 39.1 Å². The van der Waals surface area contributed by atoms with Crippen molar-refractivity contribution in [1.29, 1.82) is 0 Å². The molecule has 5 nitrogen and oxygen atoms in total. The first-order chi connectivity index (χ1) is 11.2. The molecule has 126 valence electrons. The highest BCUT2D eigenvalue weighted by Crippen LogP contribution is 2.22. The van der Waals surface area contributed by atoms with Crippen LogP contribution in [-0.2, 0) is 26.1 Å². The molecule has 0 amide bonds. The maximum Gasteiger partial charge on any atom is 0.240 e. The van der Waals surface area contributed by atoms with Gasteiger partial charge in [0, 0.05) is 29.3 Å². The zero-order valence-corrected chi connectivity index (χ0v) is 14.9. The summed E-state index contributed by atoms with van der Waals surface area (Å²) in [5.41, 5.74) is 0. The molecule has 0 spiro atoms. The SMILES string of the molecule is CCc1noc(CN(C)Cc2ccc(CN3CCCCC3)s2)n1. The molecule has 0 N–H and O–H groups in total. The van der Waals surface area contributed by atoms with Crippen LogP contribution in [0, 0.1) is 0 Å². The van der Waals surface area contributed by atoms with Gasteiger partial charge in [-0.25, -0.2) is 0 Å². The van der Waals surface area contributed by atoms with Gasteiger partial charge < -0.3 is 4.52 Å². The van der Waals surface area contributed by atoms with Gasteiger partial charge in [0.15, 0.2) is 5.82 Å². The van der Waals surface area contributed by atoms with Crippen molar-refractivity contribution in [3.63, 3.8) is 0 Å². The summed E-state index contributed by atoms with van der Waals surface area (Å²) in [6.07, 6.45) is 4.92. The fourth-order valence-corrected chi connectivity index (χ4v) is 4.12. The third kappa shape index (κ3) is 4.86. The Kier molecular flexibility index (Phi) is 5.80. The fraction of sp³-hybridized carbons (Fsp3) is 0.647. The predicted molar refractivity (Wildman–Crippen MR) is 92.3 cm³/mol. The van der Waals surface area contributed by atoms with E-state index in [1.807, 2.05) is 18.3 Å². The van der Waals surface area contributed by atoms with Crippen molar-refractivity contribution in [1.82, 2.24) is 19.9 Å². The van der Waals surface area contributed by atoms with Gasteiger partial charge in [-0.1, -0.05) is 18.5 Å². The minimum Gasteiger partial charge on any atom is -0.338 e. The molecular formula is C17H26N4OS. The van der Waals surface area contributed by atoms with E-state index in [0.29, 0.717) is 12.4 Å². The standard InChI is InChI=1S/C17H26N4OS/c1-3-16-18-17(22-19-16)13-20(2)11-14-7-8-15(23-14)12-21-9-5-4-6-10-21/h7-8H,3-6,9-13H2,1-2H3. The molecule has 0 saturated carbocycles. The molecular weight excluding hydrogens is 308 g/mol. The van der Waals surface area contributed by atoms with E-state index in [1.54, 1.807) is 0 Å². The first-order valence-corrected chi connectivity index (χ1v) is 9.34. The summed E-state index contributed by atoms with van der Waals surface area (Å²) in [5, 5.41) is 3.95. The quantitative estimate of drug-likeness (QED) is 0.777. The Balaban J connectivity index is 1.49. The Morgan fingerprint density at radius 3 is 2.70 bits per heavy atom. The summed E-state index contributed by atoms with van der Waals surface area (Å²) in [6.45, 7) is 7.28. The molecule has 1 aliphatic heterocycles. The van der Waals surface area contributed by atoms with Gasteiger partial charge >= 0.3 is 0 Å². The van der Waals surface area contributed by atoms with E-state index < -0.39 is 0 Å². The molecule has 0 aliphatic carbocycles. The van der Waals surface area contributed by atoms with Crippen molar-refractivity contribution >= 4 is 11.3 Å². The van der Waals surface area contributed by atoms with Crippen LogP contribution < -0.4 is 0 Å². The number of thiophene rings is 1. The van der Waals surface area contributed by atoms with Crippen molar-refractivity contribution in [3.05, 3.63) is 33.6 Å². The van der Waals surface area contributed by atoms with Gasteiger partial charge in [0.2, 0.25) is 5.89 Å². The van der Waals surface area contributed by atoms with Crippen LogP contribution in [0.25, 0.3) is 0 Å². The van der Waals surface area contributed by atoms with Crippen LogP contribution in [0.2, 0.25) is 0 Å². The van der Waals surface area contributed by atoms with Gasteiger partial charge in [-0.05, 0) is 45.1 Å². The number of likely N-dealkylation sites (tertiary alicyclic amines) is 1. The summed E-state index contributed by atoms with van der Waals surface area (Å²) in [6, 6.07) is 4.54. The van der Waals surface area contributed by atoms with E-state index >= 15 is 0 Å². The third-order valence-electron chi connectivity index (χ3n) is 4.20. The number of nitrogens with zero attached hydrogens (tertiary/aromatic N) is 4. The lowest BCUT2D eigenvalue weighted by Gasteiger charge is -2.25. The van der Waals surface area contributed by atoms with E-state index in [0.717, 1.165) is 25.3 Å². The molecule has 0 bridgehead atoms. The largest absolute Gasteiger partial charge is 0.338 e. The zero-order valence-electron chi connectivity index (χ0n) is 14.1. The van der Waals surface area contributed by atoms with Gasteiger partial charge in [0.25, 0.3) is 0 Å². The minimum absolute atomic E-state index is 0.701. The van der Waals surface area contributed by atoms with E-state index in [9.17, 15) is 0 Å². The third-order valence-corrected chi connectivity index (χ3v) is 5.26. The number of rotatable bonds is 7. The van der Waals surface area contributed by atoms with Crippen molar-refractivity contribution < 1.29 is 4.52 Å². The average Bonchev–Trinajstić information content (AvgIpc) is 3.18. The van der Waals surface area contributed by atoms with Crippen molar-refractivity contribution in [2.45, 2.75) is 52.2 Å². The van der Waals surface area contributed by atoms with Crippen molar-refractivity contribution in [3.8, 4) is 0 Å². The van der Waals surface area contributed by atoms with Crippen LogP contribution >= 0.6 is 11.3 Å². The monoisotopic (exact) mass is 334 g/mol. The predicted octanol–water partition coefficient (Wildman–Crippen LogP) is 3.31. The summed E-state index contributed by atoms with van der Waals surface area (Å²) in [5.74, 6) is 1.49. The van der Waals surface area contributed by atoms with Crippen LogP contribution in [-0.4, -0.2) is 40.1 Å². The normalized spacial score (nSPS) is 16.3. The molecule has 6 heteroatoms. The van der Waals surface area contributed by atoms with Gasteiger partial charge in [-0.2, -0.15) is 4.98 Å². The van der Waals surface area contributed by atoms with Crippen LogP contribution in [0.5, 0.6) is 0 Å². The highest BCUT2D eigenvalue weighted by Gasteiger charge is 2.13. The maximum absolute atomic E-state index is 5.26. The van der Waals surface area contributed by atoms with Gasteiger partial charge in [-0.3, -0.25) is 9.80 Å². The highest BCUT2D eigenvalue weighted by molar-refractivity contribution is 7.11. The Labute approximate surface area is 142 Å². The molecule has 1 aliphatic rings. The number of piperidine rings is 1. The lowest BCUT2D eigenvalue weighted by molar-refractivity contribution is 0.222. The van der Waals surface area contributed by atoms with Crippen molar-refractivity contribution in [2.24, 2.45) is 0 Å². The van der Waals surface area contributed by atoms with Gasteiger partial charge in [0.1, 0.15) is 0 Å². The number of hydrogen-bond acceptors (Lipinski definition) is 6. The Morgan fingerprint density at radius 1 is 1.17 bits per heavy atom. The minimum atomic E-state index is 0.701. The topological polar surface area (TPSA) is 45.4 Å². The molecule has 1 saturated heterocycles. The Hall–Kier alpha value is -1.24. The summed E-state index contributed by atoms with van der Waals surface area (Å²) in [7, 11) is 2.10. The number of aromatic nitrogens is 2. The van der Waals surface area contributed by atoms with Crippen LogP contribution in [0.4, 0.5) is 0 Å². The molecule has 0 aromatic carbocycles. The lowest BCUT2D eigenvalue weighted by Crippen LogP contribution is -2.28. The van der Waals surface area contributed by atoms with E-state index in [-0.39, 0.29) is 0 Å². The fourth-order valence-electron chi connectivity index (χ4n) is 2.98. The average molecular weight is 334 g/mol. The number of aryl methyl sites for hydroxylation is 1. The molecule has 3 rings (SSSR count). The molecule has 2 aromatic heterocycles. The summed E-state index contributed by atoms with van der Waals surface area (Å²) in [4.78, 5) is 12.0. The molecule has 0 atom stereocenters. The second kappa shape index (κ2) is 8.04. The Bertz CT molecular complexity index is 603. The van der Waals surface area contributed by atoms with Crippen LogP contribution in [0.3, 0.4) is 0 Å². The maximum atomic E-state index is 5.26. The first-order valence-electron chi connectivity index (χ1n) is 8.53. The first kappa shape index (κ1) is 16.6. The smallest absolute Gasteiger partial charge is 0.240 e. The molecule has 0 radical (unpaired) electrons. The number of hydrogen-bond donors (Lipinski definition) is 0. The van der Waals surface area contributed by atoms with Crippen LogP contribution in [0.15, 0.2) is 16.7 Å². The summed E-state index contributed by atoms with van der Waals surface area (Å²) >= 11 is 1.93. The van der Waals surface area contributed by atoms with E-state index in [1.165, 1.54) is 42.1 Å². The molecule has 1 fully saturated rings. The lowest BCUT2D eigenvalue weighted by atomic mass is 10.1. The van der Waals surface area contributed by atoms with Crippen LogP contribution in [0.1, 0.15) is 47.7 Å². The van der Waals surface area contributed by atoms with Gasteiger partial charge in [-0.15, -0.1) is 11.3 Å². The second-order valence-electron chi connectivity index (χ2n) is 6.34.